The van der Waals surface area contributed by atoms with Crippen molar-refractivity contribution in [1.82, 2.24) is 4.57 Å². The van der Waals surface area contributed by atoms with E-state index in [1.54, 1.807) is 22.8 Å². The van der Waals surface area contributed by atoms with Gasteiger partial charge in [0.1, 0.15) is 17.3 Å². The summed E-state index contributed by atoms with van der Waals surface area (Å²) >= 11 is 4.97. The minimum absolute atomic E-state index is 0.132. The molecule has 2 aromatic heterocycles. The molecule has 3 aromatic carbocycles. The Kier molecular flexibility index (Phi) is 5.86. The lowest BCUT2D eigenvalue weighted by Gasteiger charge is -2.30. The van der Waals surface area contributed by atoms with E-state index in [9.17, 15) is 9.18 Å². The van der Waals surface area contributed by atoms with Crippen LogP contribution in [0, 0.1) is 12.7 Å². The lowest BCUT2D eigenvalue weighted by molar-refractivity contribution is 0.570. The van der Waals surface area contributed by atoms with Gasteiger partial charge in [0.15, 0.2) is 4.80 Å². The number of thiazole rings is 1. The molecule has 0 spiro atoms. The van der Waals surface area contributed by atoms with E-state index in [0.717, 1.165) is 56.6 Å². The molecule has 0 amide bonds. The Morgan fingerprint density at radius 1 is 1.03 bits per heavy atom. The first-order valence-corrected chi connectivity index (χ1v) is 14.3. The van der Waals surface area contributed by atoms with Crippen molar-refractivity contribution < 1.29 is 8.81 Å². The largest absolute Gasteiger partial charge is 0.457 e. The molecule has 0 fully saturated rings. The number of rotatable bonds is 3. The molecule has 0 saturated carbocycles. The highest BCUT2D eigenvalue weighted by Gasteiger charge is 2.32. The fourth-order valence-electron chi connectivity index (χ4n) is 5.49. The Morgan fingerprint density at radius 2 is 1.85 bits per heavy atom. The lowest BCUT2D eigenvalue weighted by Crippen LogP contribution is -2.38. The van der Waals surface area contributed by atoms with Crippen molar-refractivity contribution >= 4 is 39.0 Å². The Balaban J connectivity index is 1.39. The maximum atomic E-state index is 13.9. The Bertz CT molecular complexity index is 1980. The van der Waals surface area contributed by atoms with Crippen molar-refractivity contribution in [3.63, 3.8) is 0 Å². The molecule has 7 heteroatoms. The third-order valence-corrected chi connectivity index (χ3v) is 8.99. The van der Waals surface area contributed by atoms with Crippen LogP contribution < -0.4 is 14.9 Å². The fraction of sp³-hybridized carbons (Fsp3) is 0.125. The van der Waals surface area contributed by atoms with E-state index in [1.165, 1.54) is 29.0 Å². The zero-order valence-corrected chi connectivity index (χ0v) is 23.4. The van der Waals surface area contributed by atoms with Crippen molar-refractivity contribution in [2.24, 2.45) is 4.99 Å². The van der Waals surface area contributed by atoms with E-state index < -0.39 is 0 Å². The van der Waals surface area contributed by atoms with E-state index >= 15 is 0 Å². The maximum absolute atomic E-state index is 13.9. The molecule has 0 saturated heterocycles. The zero-order chi connectivity index (χ0) is 26.7. The van der Waals surface area contributed by atoms with E-state index in [-0.39, 0.29) is 17.4 Å². The molecule has 39 heavy (non-hydrogen) atoms. The highest BCUT2D eigenvalue weighted by molar-refractivity contribution is 9.10. The van der Waals surface area contributed by atoms with Gasteiger partial charge >= 0.3 is 0 Å². The van der Waals surface area contributed by atoms with Crippen molar-refractivity contribution in [3.05, 3.63) is 142 Å². The van der Waals surface area contributed by atoms with Gasteiger partial charge in [-0.05, 0) is 78.4 Å². The Labute approximate surface area is 236 Å². The molecule has 0 radical (unpaired) electrons. The van der Waals surface area contributed by atoms with Crippen molar-refractivity contribution in [3.8, 4) is 11.3 Å². The molecule has 1 aliphatic heterocycles. The second-order valence-electron chi connectivity index (χ2n) is 9.85. The molecule has 192 valence electrons. The molecule has 2 aliphatic rings. The molecule has 4 nitrogen and oxygen atoms in total. The van der Waals surface area contributed by atoms with Gasteiger partial charge in [-0.1, -0.05) is 69.7 Å². The zero-order valence-electron chi connectivity index (χ0n) is 20.9. The van der Waals surface area contributed by atoms with Crippen LogP contribution in [-0.2, 0) is 6.42 Å². The molecule has 0 N–H and O–H groups in total. The van der Waals surface area contributed by atoms with Crippen LogP contribution in [0.5, 0.6) is 0 Å². The molecule has 0 unspecified atom stereocenters. The number of halogens is 2. The van der Waals surface area contributed by atoms with Crippen LogP contribution in [0.4, 0.5) is 4.39 Å². The number of aryl methyl sites for hydroxylation is 2. The number of aromatic nitrogens is 1. The van der Waals surface area contributed by atoms with Gasteiger partial charge in [-0.15, -0.1) is 0 Å². The quantitative estimate of drug-likeness (QED) is 0.230. The highest BCUT2D eigenvalue weighted by Crippen LogP contribution is 2.41. The van der Waals surface area contributed by atoms with Gasteiger partial charge in [-0.25, -0.2) is 9.38 Å². The minimum atomic E-state index is -0.344. The summed E-state index contributed by atoms with van der Waals surface area (Å²) in [4.78, 5) is 19.6. The smallest absolute Gasteiger partial charge is 0.271 e. The minimum Gasteiger partial charge on any atom is -0.457 e. The van der Waals surface area contributed by atoms with Crippen molar-refractivity contribution in [1.29, 1.82) is 0 Å². The molecule has 1 atom stereocenters. The van der Waals surface area contributed by atoms with Gasteiger partial charge in [0.05, 0.1) is 16.3 Å². The van der Waals surface area contributed by atoms with Gasteiger partial charge in [-0.2, -0.15) is 0 Å². The number of allylic oxidation sites excluding steroid dienone is 1. The molecule has 7 rings (SSSR count). The molecular formula is C32H22BrFN2O2S. The normalized spacial score (nSPS) is 16.5. The second kappa shape index (κ2) is 9.43. The fourth-order valence-corrected chi connectivity index (χ4v) is 7.16. The number of nitrogens with zero attached hydrogens (tertiary/aromatic N) is 2. The van der Waals surface area contributed by atoms with Gasteiger partial charge in [0.2, 0.25) is 0 Å². The average molecular weight is 598 g/mol. The first-order chi connectivity index (χ1) is 19.0. The van der Waals surface area contributed by atoms with E-state index in [0.29, 0.717) is 15.1 Å². The van der Waals surface area contributed by atoms with Crippen LogP contribution in [0.25, 0.3) is 23.1 Å². The van der Waals surface area contributed by atoms with E-state index in [2.05, 4.69) is 28.1 Å². The second-order valence-corrected chi connectivity index (χ2v) is 11.7. The first kappa shape index (κ1) is 24.2. The van der Waals surface area contributed by atoms with E-state index in [1.807, 2.05) is 49.4 Å². The van der Waals surface area contributed by atoms with Crippen LogP contribution >= 0.6 is 27.3 Å². The number of hydrogen-bond acceptors (Lipinski definition) is 4. The molecule has 1 aliphatic carbocycles. The predicted molar refractivity (Wildman–Crippen MR) is 156 cm³/mol. The number of furan rings is 1. The van der Waals surface area contributed by atoms with Crippen LogP contribution in [0.2, 0.25) is 0 Å². The molecule has 0 bridgehead atoms. The summed E-state index contributed by atoms with van der Waals surface area (Å²) in [5, 5.41) is 0. The molecule has 5 aromatic rings. The summed E-state index contributed by atoms with van der Waals surface area (Å²) in [5.74, 6) is 1.01. The number of hydrogen-bond donors (Lipinski definition) is 0. The summed E-state index contributed by atoms with van der Waals surface area (Å²) < 4.78 is 23.2. The summed E-state index contributed by atoms with van der Waals surface area (Å²) in [7, 11) is 0. The monoisotopic (exact) mass is 596 g/mol. The summed E-state index contributed by atoms with van der Waals surface area (Å²) in [6.45, 7) is 2.04. The number of benzene rings is 3. The first-order valence-electron chi connectivity index (χ1n) is 12.7. The van der Waals surface area contributed by atoms with Crippen LogP contribution in [-0.4, -0.2) is 4.57 Å². The topological polar surface area (TPSA) is 47.5 Å². The SMILES string of the molecule is Cc1ccc(-c2ccc(/C=c3/sc4n(c3=O)[C@H](c3ccc(F)cc3)C3=C(N=4)c4ccccc4CC3)o2)c(Br)c1. The Hall–Kier alpha value is -3.81. The third kappa shape index (κ3) is 4.17. The summed E-state index contributed by atoms with van der Waals surface area (Å²) in [6.07, 6.45) is 3.44. The highest BCUT2D eigenvalue weighted by atomic mass is 79.9. The van der Waals surface area contributed by atoms with Gasteiger partial charge in [0.25, 0.3) is 5.56 Å². The van der Waals surface area contributed by atoms with Crippen LogP contribution in [0.1, 0.15) is 40.5 Å². The van der Waals surface area contributed by atoms with Crippen LogP contribution in [0.15, 0.2) is 103 Å². The maximum Gasteiger partial charge on any atom is 0.271 e. The van der Waals surface area contributed by atoms with Gasteiger partial charge in [0, 0.05) is 21.7 Å². The standard InChI is InChI=1S/C32H22BrFN2O2S/c1-18-6-13-24(26(33)16-18)27-15-12-22(38-27)17-28-31(37)36-30(20-7-10-21(34)11-8-20)25-14-9-19-4-2-3-5-23(19)29(25)35-32(36)39-28/h2-8,10-13,15-17,30H,9,14H2,1H3/b28-17+/t30-/m1/s1. The van der Waals surface area contributed by atoms with Crippen LogP contribution in [0.3, 0.4) is 0 Å². The third-order valence-electron chi connectivity index (χ3n) is 7.35. The van der Waals surface area contributed by atoms with Crippen molar-refractivity contribution in [2.75, 3.05) is 0 Å². The van der Waals surface area contributed by atoms with Crippen molar-refractivity contribution in [2.45, 2.75) is 25.8 Å². The lowest BCUT2D eigenvalue weighted by atomic mass is 9.83. The average Bonchev–Trinajstić information content (AvgIpc) is 3.52. The summed E-state index contributed by atoms with van der Waals surface area (Å²) in [5.41, 5.74) is 7.20. The van der Waals surface area contributed by atoms with Gasteiger partial charge < -0.3 is 4.42 Å². The molecule has 3 heterocycles. The Morgan fingerprint density at radius 3 is 2.67 bits per heavy atom. The summed E-state index contributed by atoms with van der Waals surface area (Å²) in [6, 6.07) is 24.3. The number of fused-ring (bicyclic) bond motifs is 3. The predicted octanol–water partition coefficient (Wildman–Crippen LogP) is 6.79. The molecular weight excluding hydrogens is 575 g/mol. The van der Waals surface area contributed by atoms with E-state index in [4.69, 9.17) is 9.41 Å². The van der Waals surface area contributed by atoms with Gasteiger partial charge in [-0.3, -0.25) is 9.36 Å².